The van der Waals surface area contributed by atoms with E-state index in [4.69, 9.17) is 0 Å². The number of para-hydroxylation sites is 1. The van der Waals surface area contributed by atoms with Crippen molar-refractivity contribution < 1.29 is 5.11 Å². The molecule has 1 heterocycles. The topological polar surface area (TPSA) is 38.1 Å². The van der Waals surface area contributed by atoms with Crippen LogP contribution < -0.4 is 0 Å². The molecule has 0 bridgehead atoms. The van der Waals surface area contributed by atoms with Gasteiger partial charge in [-0.2, -0.15) is 0 Å². The first-order valence-corrected chi connectivity index (χ1v) is 7.14. The molecule has 3 nitrogen and oxygen atoms in total. The lowest BCUT2D eigenvalue weighted by molar-refractivity contribution is 0.443. The quantitative estimate of drug-likeness (QED) is 0.782. The summed E-state index contributed by atoms with van der Waals surface area (Å²) in [5.74, 6) is 0.111. The first-order chi connectivity index (χ1) is 10.2. The smallest absolute Gasteiger partial charge is 0.234 e. The van der Waals surface area contributed by atoms with E-state index in [-0.39, 0.29) is 5.88 Å². The average molecular weight is 278 g/mol. The van der Waals surface area contributed by atoms with Crippen LogP contribution in [0.25, 0.3) is 16.9 Å². The molecule has 1 aromatic heterocycles. The monoisotopic (exact) mass is 278 g/mol. The molecule has 3 heteroatoms. The number of aromatic hydroxyl groups is 1. The lowest BCUT2D eigenvalue weighted by Gasteiger charge is -2.11. The molecule has 0 unspecified atom stereocenters. The zero-order chi connectivity index (χ0) is 14.8. The molecule has 3 aromatic rings. The Morgan fingerprint density at radius 1 is 1.00 bits per heavy atom. The minimum atomic E-state index is 0.111. The third-order valence-electron chi connectivity index (χ3n) is 3.72. The number of hydrogen-bond acceptors (Lipinski definition) is 2. The molecule has 106 valence electrons. The molecule has 0 saturated carbocycles. The minimum Gasteiger partial charge on any atom is -0.492 e. The van der Waals surface area contributed by atoms with Crippen LogP contribution in [-0.2, 0) is 6.42 Å². The maximum Gasteiger partial charge on any atom is 0.234 e. The standard InChI is InChI=1S/C18H18N2O/c1-3-15-17(16-12-8-7-9-13(16)2)20(19-18(15)21)14-10-5-4-6-11-14/h4-12H,3H2,1-2H3,(H,19,21). The van der Waals surface area contributed by atoms with Crippen molar-refractivity contribution in [2.75, 3.05) is 0 Å². The highest BCUT2D eigenvalue weighted by molar-refractivity contribution is 5.71. The molecular weight excluding hydrogens is 260 g/mol. The van der Waals surface area contributed by atoms with E-state index in [9.17, 15) is 5.11 Å². The zero-order valence-corrected chi connectivity index (χ0v) is 12.2. The van der Waals surface area contributed by atoms with E-state index in [1.807, 2.05) is 54.1 Å². The van der Waals surface area contributed by atoms with Crippen LogP contribution in [0.15, 0.2) is 54.6 Å². The van der Waals surface area contributed by atoms with Gasteiger partial charge < -0.3 is 5.11 Å². The van der Waals surface area contributed by atoms with Gasteiger partial charge in [-0.25, -0.2) is 4.68 Å². The molecule has 0 atom stereocenters. The van der Waals surface area contributed by atoms with E-state index >= 15 is 0 Å². The predicted molar refractivity (Wildman–Crippen MR) is 84.8 cm³/mol. The summed E-state index contributed by atoms with van der Waals surface area (Å²) >= 11 is 0. The molecule has 0 aliphatic heterocycles. The summed E-state index contributed by atoms with van der Waals surface area (Å²) in [6.45, 7) is 4.11. The van der Waals surface area contributed by atoms with Crippen molar-refractivity contribution in [3.8, 4) is 22.8 Å². The summed E-state index contributed by atoms with van der Waals surface area (Å²) < 4.78 is 1.83. The Hall–Kier alpha value is -2.55. The number of aromatic nitrogens is 2. The first kappa shape index (κ1) is 13.4. The normalized spacial score (nSPS) is 10.8. The Bertz CT molecular complexity index is 760. The maximum absolute atomic E-state index is 10.2. The summed E-state index contributed by atoms with van der Waals surface area (Å²) in [6, 6.07) is 18.1. The molecule has 0 spiro atoms. The number of hydrogen-bond donors (Lipinski definition) is 1. The van der Waals surface area contributed by atoms with Crippen molar-refractivity contribution in [3.63, 3.8) is 0 Å². The fourth-order valence-electron chi connectivity index (χ4n) is 2.64. The molecule has 0 aliphatic rings. The van der Waals surface area contributed by atoms with Gasteiger partial charge in [-0.3, -0.25) is 0 Å². The second-order valence-corrected chi connectivity index (χ2v) is 5.07. The van der Waals surface area contributed by atoms with Crippen LogP contribution in [0.5, 0.6) is 5.88 Å². The van der Waals surface area contributed by atoms with E-state index in [1.54, 1.807) is 0 Å². The Morgan fingerprint density at radius 2 is 1.67 bits per heavy atom. The largest absolute Gasteiger partial charge is 0.492 e. The molecule has 0 fully saturated rings. The highest BCUT2D eigenvalue weighted by Crippen LogP contribution is 2.34. The summed E-state index contributed by atoms with van der Waals surface area (Å²) in [6.07, 6.45) is 0.738. The van der Waals surface area contributed by atoms with Gasteiger partial charge in [0, 0.05) is 11.1 Å². The molecule has 2 aromatic carbocycles. The van der Waals surface area contributed by atoms with Crippen LogP contribution in [0, 0.1) is 6.92 Å². The van der Waals surface area contributed by atoms with Crippen molar-refractivity contribution in [2.45, 2.75) is 20.3 Å². The Labute approximate surface area is 124 Å². The molecular formula is C18H18N2O. The number of rotatable bonds is 3. The molecule has 3 rings (SSSR count). The van der Waals surface area contributed by atoms with Crippen LogP contribution >= 0.6 is 0 Å². The van der Waals surface area contributed by atoms with Crippen LogP contribution in [0.2, 0.25) is 0 Å². The average Bonchev–Trinajstić information content (AvgIpc) is 2.85. The third kappa shape index (κ3) is 2.31. The lowest BCUT2D eigenvalue weighted by atomic mass is 10.0. The molecule has 21 heavy (non-hydrogen) atoms. The molecule has 1 N–H and O–H groups in total. The Kier molecular flexibility index (Phi) is 3.48. The summed E-state index contributed by atoms with van der Waals surface area (Å²) in [4.78, 5) is 0. The highest BCUT2D eigenvalue weighted by Gasteiger charge is 2.19. The summed E-state index contributed by atoms with van der Waals surface area (Å²) in [5, 5.41) is 14.5. The van der Waals surface area contributed by atoms with Crippen molar-refractivity contribution in [3.05, 3.63) is 65.7 Å². The van der Waals surface area contributed by atoms with Gasteiger partial charge in [-0.15, -0.1) is 5.10 Å². The molecule has 0 radical (unpaired) electrons. The van der Waals surface area contributed by atoms with Crippen LogP contribution in [0.1, 0.15) is 18.1 Å². The van der Waals surface area contributed by atoms with Gasteiger partial charge in [0.1, 0.15) is 0 Å². The van der Waals surface area contributed by atoms with Crippen LogP contribution in [-0.4, -0.2) is 14.9 Å². The van der Waals surface area contributed by atoms with Gasteiger partial charge in [-0.05, 0) is 31.0 Å². The van der Waals surface area contributed by atoms with E-state index in [0.29, 0.717) is 0 Å². The SMILES string of the molecule is CCc1c(O)nn(-c2ccccc2)c1-c1ccccc1C. The van der Waals surface area contributed by atoms with Crippen molar-refractivity contribution >= 4 is 0 Å². The van der Waals surface area contributed by atoms with Crippen molar-refractivity contribution in [1.29, 1.82) is 0 Å². The van der Waals surface area contributed by atoms with E-state index in [0.717, 1.165) is 28.9 Å². The van der Waals surface area contributed by atoms with Gasteiger partial charge in [0.25, 0.3) is 0 Å². The highest BCUT2D eigenvalue weighted by atomic mass is 16.3. The van der Waals surface area contributed by atoms with Gasteiger partial charge in [0.15, 0.2) is 0 Å². The Balaban J connectivity index is 2.30. The van der Waals surface area contributed by atoms with Gasteiger partial charge in [0.05, 0.1) is 11.4 Å². The summed E-state index contributed by atoms with van der Waals surface area (Å²) in [7, 11) is 0. The van der Waals surface area contributed by atoms with Gasteiger partial charge >= 0.3 is 0 Å². The van der Waals surface area contributed by atoms with E-state index in [1.165, 1.54) is 5.56 Å². The fraction of sp³-hybridized carbons (Fsp3) is 0.167. The summed E-state index contributed by atoms with van der Waals surface area (Å²) in [5.41, 5.74) is 5.08. The number of nitrogens with zero attached hydrogens (tertiary/aromatic N) is 2. The second kappa shape index (κ2) is 5.44. The lowest BCUT2D eigenvalue weighted by Crippen LogP contribution is -2.00. The first-order valence-electron chi connectivity index (χ1n) is 7.14. The van der Waals surface area contributed by atoms with E-state index < -0.39 is 0 Å². The maximum atomic E-state index is 10.2. The fourth-order valence-corrected chi connectivity index (χ4v) is 2.64. The molecule has 0 saturated heterocycles. The number of aryl methyl sites for hydroxylation is 1. The van der Waals surface area contributed by atoms with Crippen molar-refractivity contribution in [1.82, 2.24) is 9.78 Å². The second-order valence-electron chi connectivity index (χ2n) is 5.07. The van der Waals surface area contributed by atoms with Crippen molar-refractivity contribution in [2.24, 2.45) is 0 Å². The van der Waals surface area contributed by atoms with Gasteiger partial charge in [0.2, 0.25) is 5.88 Å². The van der Waals surface area contributed by atoms with Crippen LogP contribution in [0.3, 0.4) is 0 Å². The van der Waals surface area contributed by atoms with Crippen LogP contribution in [0.4, 0.5) is 0 Å². The van der Waals surface area contributed by atoms with E-state index in [2.05, 4.69) is 24.2 Å². The van der Waals surface area contributed by atoms with Gasteiger partial charge in [-0.1, -0.05) is 49.4 Å². The minimum absolute atomic E-state index is 0.111. The number of benzene rings is 2. The molecule has 0 aliphatic carbocycles. The Morgan fingerprint density at radius 3 is 2.33 bits per heavy atom. The molecule has 0 amide bonds. The zero-order valence-electron chi connectivity index (χ0n) is 12.2. The third-order valence-corrected chi connectivity index (χ3v) is 3.72. The predicted octanol–water partition coefficient (Wildman–Crippen LogP) is 4.12.